The van der Waals surface area contributed by atoms with Crippen LogP contribution < -0.4 is 0 Å². The van der Waals surface area contributed by atoms with Gasteiger partial charge in [-0.3, -0.25) is 4.57 Å². The number of nitrogens with zero attached hydrogens (tertiary/aromatic N) is 3. The average molecular weight is 562 g/mol. The molecule has 0 aliphatic heterocycles. The van der Waals surface area contributed by atoms with Gasteiger partial charge in [0.15, 0.2) is 0 Å². The Kier molecular flexibility index (Phi) is 4.69. The van der Waals surface area contributed by atoms with Crippen LogP contribution in [0.5, 0.6) is 0 Å². The van der Waals surface area contributed by atoms with Gasteiger partial charge >= 0.3 is 0 Å². The molecule has 10 rings (SSSR count). The van der Waals surface area contributed by atoms with Gasteiger partial charge in [-0.05, 0) is 52.1 Å². The van der Waals surface area contributed by atoms with Crippen molar-refractivity contribution in [1.82, 2.24) is 14.5 Å². The molecule has 3 aromatic heterocycles. The fourth-order valence-electron chi connectivity index (χ4n) is 7.19. The van der Waals surface area contributed by atoms with Crippen molar-refractivity contribution in [1.29, 1.82) is 0 Å². The molecule has 204 valence electrons. The van der Waals surface area contributed by atoms with E-state index in [-0.39, 0.29) is 0 Å². The van der Waals surface area contributed by atoms with E-state index in [1.54, 1.807) is 0 Å². The van der Waals surface area contributed by atoms with Crippen LogP contribution in [0.4, 0.5) is 0 Å². The van der Waals surface area contributed by atoms with Gasteiger partial charge in [-0.25, -0.2) is 9.97 Å². The fourth-order valence-corrected chi connectivity index (χ4v) is 7.19. The summed E-state index contributed by atoms with van der Waals surface area (Å²) >= 11 is 0. The Labute approximate surface area is 252 Å². The summed E-state index contributed by atoms with van der Waals surface area (Å²) in [5.74, 6) is 0.633. The molecule has 0 saturated heterocycles. The van der Waals surface area contributed by atoms with Crippen LogP contribution in [-0.2, 0) is 0 Å². The van der Waals surface area contributed by atoms with Crippen LogP contribution in [0.3, 0.4) is 0 Å². The highest BCUT2D eigenvalue weighted by Gasteiger charge is 2.25. The first-order chi connectivity index (χ1) is 21.8. The van der Waals surface area contributed by atoms with E-state index in [1.165, 1.54) is 16.7 Å². The monoisotopic (exact) mass is 561 g/mol. The van der Waals surface area contributed by atoms with Crippen molar-refractivity contribution in [3.63, 3.8) is 0 Å². The second-order valence-corrected chi connectivity index (χ2v) is 11.4. The van der Waals surface area contributed by atoms with E-state index in [1.807, 2.05) is 18.3 Å². The maximum atomic E-state index is 6.33. The highest BCUT2D eigenvalue weighted by atomic mass is 16.3. The second kappa shape index (κ2) is 8.76. The van der Waals surface area contributed by atoms with Crippen LogP contribution >= 0.6 is 0 Å². The molecule has 0 atom stereocenters. The van der Waals surface area contributed by atoms with Crippen molar-refractivity contribution < 1.29 is 4.42 Å². The molecule has 0 unspecified atom stereocenters. The third-order valence-corrected chi connectivity index (χ3v) is 9.06. The molecule has 0 N–H and O–H groups in total. The fraction of sp³-hybridized carbons (Fsp3) is 0. The molecule has 1 aliphatic carbocycles. The van der Waals surface area contributed by atoms with Gasteiger partial charge in [-0.15, -0.1) is 0 Å². The van der Waals surface area contributed by atoms with Crippen molar-refractivity contribution in [2.45, 2.75) is 0 Å². The molecule has 4 nitrogen and oxygen atoms in total. The van der Waals surface area contributed by atoms with Gasteiger partial charge in [-0.1, -0.05) is 109 Å². The first kappa shape index (κ1) is 23.6. The van der Waals surface area contributed by atoms with Gasteiger partial charge in [-0.2, -0.15) is 0 Å². The predicted molar refractivity (Wildman–Crippen MR) is 179 cm³/mol. The molecule has 0 radical (unpaired) electrons. The summed E-state index contributed by atoms with van der Waals surface area (Å²) < 4.78 is 8.55. The minimum Gasteiger partial charge on any atom is -0.456 e. The number of furan rings is 1. The molecule has 0 spiro atoms. The van der Waals surface area contributed by atoms with Crippen molar-refractivity contribution >= 4 is 43.7 Å². The first-order valence-electron chi connectivity index (χ1n) is 14.8. The molecular formula is C40H23N3O. The maximum Gasteiger partial charge on any atom is 0.235 e. The predicted octanol–water partition coefficient (Wildman–Crippen LogP) is 10.5. The summed E-state index contributed by atoms with van der Waals surface area (Å²) in [7, 11) is 0. The Balaban J connectivity index is 1.36. The highest BCUT2D eigenvalue weighted by molar-refractivity contribution is 6.24. The Morgan fingerprint density at radius 1 is 0.455 bits per heavy atom. The van der Waals surface area contributed by atoms with Crippen molar-refractivity contribution in [3.8, 4) is 50.6 Å². The Morgan fingerprint density at radius 2 is 1.02 bits per heavy atom. The first-order valence-corrected chi connectivity index (χ1v) is 14.8. The van der Waals surface area contributed by atoms with Crippen molar-refractivity contribution in [2.75, 3.05) is 0 Å². The molecule has 0 fully saturated rings. The van der Waals surface area contributed by atoms with Gasteiger partial charge < -0.3 is 4.42 Å². The Hall–Kier alpha value is -6.00. The van der Waals surface area contributed by atoms with Gasteiger partial charge in [0.1, 0.15) is 11.2 Å². The largest absolute Gasteiger partial charge is 0.456 e. The summed E-state index contributed by atoms with van der Waals surface area (Å²) in [5.41, 5.74) is 12.7. The van der Waals surface area contributed by atoms with E-state index in [4.69, 9.17) is 14.4 Å². The highest BCUT2D eigenvalue weighted by Crippen LogP contribution is 2.47. The molecule has 1 aliphatic rings. The lowest BCUT2D eigenvalue weighted by Gasteiger charge is -2.22. The summed E-state index contributed by atoms with van der Waals surface area (Å²) in [4.78, 5) is 10.6. The lowest BCUT2D eigenvalue weighted by molar-refractivity contribution is 0.669. The standard InChI is InChI=1S/C40H23N3O/c1-2-12-25-24(11-1)26-13-3-4-15-28(26)33-23-41-40(42-38(33)30-17-6-5-14-27(25)30)43-34-19-9-7-16-29(34)31-21-22-36-37(39(31)43)32-18-8-10-20-35(32)44-36/h1-23H. The number of hydrogen-bond donors (Lipinski definition) is 0. The van der Waals surface area contributed by atoms with E-state index in [0.717, 1.165) is 71.7 Å². The number of hydrogen-bond acceptors (Lipinski definition) is 3. The molecule has 0 saturated carbocycles. The van der Waals surface area contributed by atoms with E-state index in [9.17, 15) is 0 Å². The quantitative estimate of drug-likeness (QED) is 0.200. The molecule has 9 aromatic rings. The molecule has 44 heavy (non-hydrogen) atoms. The number of benzene rings is 6. The number of aromatic nitrogens is 3. The number of rotatable bonds is 1. The number of fused-ring (bicyclic) bond motifs is 15. The minimum atomic E-state index is 0.633. The number of para-hydroxylation sites is 2. The molecule has 0 amide bonds. The zero-order valence-corrected chi connectivity index (χ0v) is 23.5. The Bertz CT molecular complexity index is 2620. The smallest absolute Gasteiger partial charge is 0.235 e. The molecule has 0 bridgehead atoms. The van der Waals surface area contributed by atoms with E-state index in [2.05, 4.69) is 126 Å². The lowest BCUT2D eigenvalue weighted by Crippen LogP contribution is -2.05. The summed E-state index contributed by atoms with van der Waals surface area (Å²) in [6.07, 6.45) is 2.01. The molecule has 6 aromatic carbocycles. The van der Waals surface area contributed by atoms with Crippen LogP contribution in [-0.4, -0.2) is 14.5 Å². The minimum absolute atomic E-state index is 0.633. The van der Waals surface area contributed by atoms with Gasteiger partial charge in [0.25, 0.3) is 0 Å². The van der Waals surface area contributed by atoms with Gasteiger partial charge in [0.2, 0.25) is 5.95 Å². The Morgan fingerprint density at radius 3 is 1.75 bits per heavy atom. The topological polar surface area (TPSA) is 43.9 Å². The molecule has 3 heterocycles. The third-order valence-electron chi connectivity index (χ3n) is 9.06. The van der Waals surface area contributed by atoms with Gasteiger partial charge in [0, 0.05) is 33.5 Å². The third kappa shape index (κ3) is 3.11. The maximum absolute atomic E-state index is 6.33. The van der Waals surface area contributed by atoms with Crippen LogP contribution in [0.25, 0.3) is 94.3 Å². The summed E-state index contributed by atoms with van der Waals surface area (Å²) in [6, 6.07) is 46.8. The van der Waals surface area contributed by atoms with E-state index >= 15 is 0 Å². The summed E-state index contributed by atoms with van der Waals surface area (Å²) in [6.45, 7) is 0. The summed E-state index contributed by atoms with van der Waals surface area (Å²) in [5, 5.41) is 4.46. The van der Waals surface area contributed by atoms with Crippen LogP contribution in [0.2, 0.25) is 0 Å². The lowest BCUT2D eigenvalue weighted by atomic mass is 9.83. The van der Waals surface area contributed by atoms with Crippen molar-refractivity contribution in [2.24, 2.45) is 0 Å². The molecule has 4 heteroatoms. The average Bonchev–Trinajstić information content (AvgIpc) is 3.63. The second-order valence-electron chi connectivity index (χ2n) is 11.4. The SMILES string of the molecule is c1ccc2c(c1)-c1ccccc1-c1cnc(-n3c4ccccc4c4ccc5oc6ccccc6c5c43)nc1-c1ccccc1-2. The van der Waals surface area contributed by atoms with E-state index in [0.29, 0.717) is 5.95 Å². The zero-order chi connectivity index (χ0) is 28.8. The normalized spacial score (nSPS) is 12.1. The van der Waals surface area contributed by atoms with E-state index < -0.39 is 0 Å². The molecular weight excluding hydrogens is 538 g/mol. The van der Waals surface area contributed by atoms with Crippen molar-refractivity contribution in [3.05, 3.63) is 140 Å². The van der Waals surface area contributed by atoms with Gasteiger partial charge in [0.05, 0.1) is 22.1 Å². The van der Waals surface area contributed by atoms with Crippen LogP contribution in [0.15, 0.2) is 144 Å². The zero-order valence-electron chi connectivity index (χ0n) is 23.5. The van der Waals surface area contributed by atoms with Crippen LogP contribution in [0.1, 0.15) is 0 Å². The van der Waals surface area contributed by atoms with Crippen LogP contribution in [0, 0.1) is 0 Å².